The molecule has 0 heterocycles. The number of anilines is 2. The van der Waals surface area contributed by atoms with E-state index in [-0.39, 0.29) is 11.9 Å². The molecular formula is C18H25N3O2. The summed E-state index contributed by atoms with van der Waals surface area (Å²) >= 11 is 0. The normalized spacial score (nSPS) is 14.8. The maximum atomic E-state index is 12.1. The van der Waals surface area contributed by atoms with E-state index in [9.17, 15) is 9.59 Å². The predicted octanol–water partition coefficient (Wildman–Crippen LogP) is 3.90. The van der Waals surface area contributed by atoms with Crippen molar-refractivity contribution in [2.75, 3.05) is 17.2 Å². The van der Waals surface area contributed by atoms with Gasteiger partial charge >= 0.3 is 6.03 Å². The molecule has 1 fully saturated rings. The molecule has 1 aliphatic carbocycles. The van der Waals surface area contributed by atoms with Crippen molar-refractivity contribution in [3.8, 4) is 0 Å². The Morgan fingerprint density at radius 3 is 2.26 bits per heavy atom. The quantitative estimate of drug-likeness (QED) is 0.697. The molecule has 0 saturated heterocycles. The van der Waals surface area contributed by atoms with Crippen molar-refractivity contribution in [3.63, 3.8) is 0 Å². The summed E-state index contributed by atoms with van der Waals surface area (Å²) in [5.74, 6) is 0.597. The van der Waals surface area contributed by atoms with Crippen LogP contribution in [0.15, 0.2) is 36.9 Å². The first-order valence-electron chi connectivity index (χ1n) is 8.23. The van der Waals surface area contributed by atoms with Crippen molar-refractivity contribution in [1.29, 1.82) is 0 Å². The van der Waals surface area contributed by atoms with Crippen LogP contribution >= 0.6 is 0 Å². The van der Waals surface area contributed by atoms with E-state index >= 15 is 0 Å². The number of urea groups is 1. The van der Waals surface area contributed by atoms with Gasteiger partial charge in [0.2, 0.25) is 5.91 Å². The number of rotatable bonds is 6. The van der Waals surface area contributed by atoms with Crippen LogP contribution in [-0.4, -0.2) is 18.5 Å². The molecule has 0 unspecified atom stereocenters. The first kappa shape index (κ1) is 17.1. The van der Waals surface area contributed by atoms with Crippen molar-refractivity contribution in [1.82, 2.24) is 5.32 Å². The van der Waals surface area contributed by atoms with Crippen LogP contribution in [0.3, 0.4) is 0 Å². The topological polar surface area (TPSA) is 70.2 Å². The fraction of sp³-hybridized carbons (Fsp3) is 0.444. The average Bonchev–Trinajstić information content (AvgIpc) is 2.55. The van der Waals surface area contributed by atoms with Crippen molar-refractivity contribution >= 4 is 23.3 Å². The Morgan fingerprint density at radius 1 is 1.04 bits per heavy atom. The van der Waals surface area contributed by atoms with E-state index in [1.54, 1.807) is 30.3 Å². The summed E-state index contributed by atoms with van der Waals surface area (Å²) in [6, 6.07) is 6.84. The van der Waals surface area contributed by atoms with Crippen molar-refractivity contribution in [3.05, 3.63) is 36.9 Å². The third-order valence-corrected chi connectivity index (χ3v) is 4.03. The highest BCUT2D eigenvalue weighted by Gasteiger charge is 2.17. The Bertz CT molecular complexity index is 534. The Morgan fingerprint density at radius 2 is 1.65 bits per heavy atom. The summed E-state index contributed by atoms with van der Waals surface area (Å²) in [4.78, 5) is 23.6. The zero-order chi connectivity index (χ0) is 16.5. The van der Waals surface area contributed by atoms with Gasteiger partial charge in [-0.1, -0.05) is 25.3 Å². The highest BCUT2D eigenvalue weighted by Crippen LogP contribution is 2.26. The summed E-state index contributed by atoms with van der Waals surface area (Å²) in [6.07, 6.45) is 8.33. The lowest BCUT2D eigenvalue weighted by atomic mass is 9.87. The molecule has 3 N–H and O–H groups in total. The van der Waals surface area contributed by atoms with Gasteiger partial charge in [-0.25, -0.2) is 4.79 Å². The van der Waals surface area contributed by atoms with Gasteiger partial charge in [0.05, 0.1) is 0 Å². The molecule has 1 aliphatic rings. The Hall–Kier alpha value is -2.30. The molecular weight excluding hydrogens is 290 g/mol. The summed E-state index contributed by atoms with van der Waals surface area (Å²) in [6.45, 7) is 3.96. The van der Waals surface area contributed by atoms with E-state index in [2.05, 4.69) is 22.5 Å². The lowest BCUT2D eigenvalue weighted by molar-refractivity contribution is -0.117. The highest BCUT2D eigenvalue weighted by atomic mass is 16.2. The van der Waals surface area contributed by atoms with Gasteiger partial charge < -0.3 is 16.0 Å². The predicted molar refractivity (Wildman–Crippen MR) is 93.5 cm³/mol. The summed E-state index contributed by atoms with van der Waals surface area (Å²) in [5.41, 5.74) is 1.43. The van der Waals surface area contributed by atoms with E-state index < -0.39 is 0 Å². The SMILES string of the molecule is C=CCNC(=O)Nc1ccc(NC(=O)CC2CCCCC2)cc1. The van der Waals surface area contributed by atoms with E-state index in [0.717, 1.165) is 18.5 Å². The van der Waals surface area contributed by atoms with Gasteiger partial charge in [-0.3, -0.25) is 4.79 Å². The maximum Gasteiger partial charge on any atom is 0.319 e. The fourth-order valence-corrected chi connectivity index (χ4v) is 2.84. The zero-order valence-electron chi connectivity index (χ0n) is 13.4. The zero-order valence-corrected chi connectivity index (χ0v) is 13.4. The van der Waals surface area contributed by atoms with Crippen molar-refractivity contribution < 1.29 is 9.59 Å². The van der Waals surface area contributed by atoms with Crippen LogP contribution in [0.2, 0.25) is 0 Å². The van der Waals surface area contributed by atoms with E-state index in [1.807, 2.05) is 0 Å². The van der Waals surface area contributed by atoms with Gasteiger partial charge in [0.1, 0.15) is 0 Å². The second-order valence-electron chi connectivity index (χ2n) is 5.96. The summed E-state index contributed by atoms with van der Waals surface area (Å²) in [5, 5.41) is 8.27. The molecule has 1 aromatic rings. The molecule has 5 nitrogen and oxygen atoms in total. The van der Waals surface area contributed by atoms with Gasteiger partial charge in [-0.05, 0) is 43.0 Å². The van der Waals surface area contributed by atoms with Crippen LogP contribution < -0.4 is 16.0 Å². The van der Waals surface area contributed by atoms with Crippen molar-refractivity contribution in [2.45, 2.75) is 38.5 Å². The fourth-order valence-electron chi connectivity index (χ4n) is 2.84. The standard InChI is InChI=1S/C18H25N3O2/c1-2-12-19-18(23)21-16-10-8-15(9-11-16)20-17(22)13-14-6-4-3-5-7-14/h2,8-11,14H,1,3-7,12-13H2,(H,20,22)(H2,19,21,23). The number of benzene rings is 1. The Kier molecular flexibility index (Phi) is 6.66. The molecule has 0 spiro atoms. The molecule has 1 aromatic carbocycles. The van der Waals surface area contributed by atoms with Crippen LogP contribution in [0.25, 0.3) is 0 Å². The number of hydrogen-bond acceptors (Lipinski definition) is 2. The van der Waals surface area contributed by atoms with Crippen molar-refractivity contribution in [2.24, 2.45) is 5.92 Å². The minimum absolute atomic E-state index is 0.0707. The Labute approximate surface area is 137 Å². The molecule has 0 radical (unpaired) electrons. The highest BCUT2D eigenvalue weighted by molar-refractivity contribution is 5.92. The summed E-state index contributed by atoms with van der Waals surface area (Å²) in [7, 11) is 0. The van der Waals surface area contributed by atoms with E-state index in [1.165, 1.54) is 19.3 Å². The Balaban J connectivity index is 1.78. The van der Waals surface area contributed by atoms with Gasteiger partial charge in [-0.15, -0.1) is 6.58 Å². The number of nitrogens with one attached hydrogen (secondary N) is 3. The molecule has 1 saturated carbocycles. The first-order chi connectivity index (χ1) is 11.2. The molecule has 5 heteroatoms. The lowest BCUT2D eigenvalue weighted by Crippen LogP contribution is -2.28. The van der Waals surface area contributed by atoms with Gasteiger partial charge in [0.15, 0.2) is 0 Å². The van der Waals surface area contributed by atoms with Gasteiger partial charge in [0, 0.05) is 24.3 Å². The van der Waals surface area contributed by atoms with Crippen LogP contribution in [-0.2, 0) is 4.79 Å². The van der Waals surface area contributed by atoms with Crippen LogP contribution in [0, 0.1) is 5.92 Å². The van der Waals surface area contributed by atoms with Crippen LogP contribution in [0.5, 0.6) is 0 Å². The largest absolute Gasteiger partial charge is 0.334 e. The molecule has 3 amide bonds. The summed E-state index contributed by atoms with van der Waals surface area (Å²) < 4.78 is 0. The number of amides is 3. The second kappa shape index (κ2) is 8.98. The van der Waals surface area contributed by atoms with Crippen LogP contribution in [0.1, 0.15) is 38.5 Å². The molecule has 23 heavy (non-hydrogen) atoms. The number of hydrogen-bond donors (Lipinski definition) is 3. The molecule has 124 valence electrons. The molecule has 0 aromatic heterocycles. The van der Waals surface area contributed by atoms with Gasteiger partial charge in [-0.2, -0.15) is 0 Å². The average molecular weight is 315 g/mol. The number of carbonyl (C=O) groups excluding carboxylic acids is 2. The minimum atomic E-state index is -0.279. The lowest BCUT2D eigenvalue weighted by Gasteiger charge is -2.20. The van der Waals surface area contributed by atoms with Crippen LogP contribution in [0.4, 0.5) is 16.2 Å². The molecule has 0 aliphatic heterocycles. The first-order valence-corrected chi connectivity index (χ1v) is 8.23. The maximum absolute atomic E-state index is 12.1. The molecule has 0 bridgehead atoms. The molecule has 0 atom stereocenters. The van der Waals surface area contributed by atoms with E-state index in [4.69, 9.17) is 0 Å². The minimum Gasteiger partial charge on any atom is -0.334 e. The molecule has 2 rings (SSSR count). The monoisotopic (exact) mass is 315 g/mol. The number of carbonyl (C=O) groups is 2. The van der Waals surface area contributed by atoms with Gasteiger partial charge in [0.25, 0.3) is 0 Å². The third-order valence-electron chi connectivity index (χ3n) is 4.03. The smallest absolute Gasteiger partial charge is 0.319 e. The second-order valence-corrected chi connectivity index (χ2v) is 5.96. The van der Waals surface area contributed by atoms with E-state index in [0.29, 0.717) is 24.6 Å². The third kappa shape index (κ3) is 6.14.